The molecule has 3 aromatic carbocycles. The molecule has 0 radical (unpaired) electrons. The molecule has 32 heavy (non-hydrogen) atoms. The second-order valence-corrected chi connectivity index (χ2v) is 7.60. The Hall–Kier alpha value is -4.32. The Morgan fingerprint density at radius 3 is 2.47 bits per heavy atom. The van der Waals surface area contributed by atoms with Crippen molar-refractivity contribution >= 4 is 22.6 Å². The van der Waals surface area contributed by atoms with Crippen LogP contribution in [0.1, 0.15) is 27.5 Å². The molecule has 158 valence electrons. The number of aromatic amines is 2. The lowest BCUT2D eigenvalue weighted by Gasteiger charge is -2.19. The molecule has 2 heterocycles. The Balaban J connectivity index is 1.53. The number of carbonyl (C=O) groups is 1. The number of aromatic nitrogens is 3. The van der Waals surface area contributed by atoms with Crippen LogP contribution in [-0.4, -0.2) is 28.1 Å². The Morgan fingerprint density at radius 1 is 0.938 bits per heavy atom. The first kappa shape index (κ1) is 19.6. The number of hydrogen-bond acceptors (Lipinski definition) is 3. The molecule has 6 heteroatoms. The van der Waals surface area contributed by atoms with E-state index >= 15 is 0 Å². The van der Waals surface area contributed by atoms with Gasteiger partial charge in [0.05, 0.1) is 11.7 Å². The van der Waals surface area contributed by atoms with Crippen LogP contribution in [0, 0.1) is 0 Å². The van der Waals surface area contributed by atoms with Crippen molar-refractivity contribution in [3.05, 3.63) is 108 Å². The van der Waals surface area contributed by atoms with Gasteiger partial charge in [-0.1, -0.05) is 60.7 Å². The van der Waals surface area contributed by atoms with E-state index in [0.29, 0.717) is 5.56 Å². The summed E-state index contributed by atoms with van der Waals surface area (Å²) in [6.07, 6.45) is 2.03. The summed E-state index contributed by atoms with van der Waals surface area (Å²) in [4.78, 5) is 15.3. The average molecular weight is 422 g/mol. The van der Waals surface area contributed by atoms with Crippen molar-refractivity contribution < 1.29 is 4.79 Å². The number of nitrogens with zero attached hydrogens (tertiary/aromatic N) is 1. The third-order valence-corrected chi connectivity index (χ3v) is 5.62. The van der Waals surface area contributed by atoms with Gasteiger partial charge in [0, 0.05) is 41.3 Å². The van der Waals surface area contributed by atoms with Crippen molar-refractivity contribution in [2.45, 2.75) is 6.04 Å². The Morgan fingerprint density at radius 2 is 1.69 bits per heavy atom. The van der Waals surface area contributed by atoms with Gasteiger partial charge >= 0.3 is 0 Å². The van der Waals surface area contributed by atoms with Gasteiger partial charge in [-0.05, 0) is 29.3 Å². The van der Waals surface area contributed by atoms with E-state index in [9.17, 15) is 4.79 Å². The van der Waals surface area contributed by atoms with Crippen LogP contribution in [0.25, 0.3) is 22.2 Å². The van der Waals surface area contributed by atoms with Crippen LogP contribution in [-0.2, 0) is 0 Å². The van der Waals surface area contributed by atoms with Gasteiger partial charge in [0.15, 0.2) is 0 Å². The fourth-order valence-electron chi connectivity index (χ4n) is 3.95. The van der Waals surface area contributed by atoms with Gasteiger partial charge in [-0.2, -0.15) is 5.10 Å². The minimum absolute atomic E-state index is 0.104. The van der Waals surface area contributed by atoms with Crippen LogP contribution in [0.4, 0.5) is 5.82 Å². The molecular weight excluding hydrogens is 398 g/mol. The van der Waals surface area contributed by atoms with E-state index in [4.69, 9.17) is 0 Å². The molecule has 6 nitrogen and oxygen atoms in total. The average Bonchev–Trinajstić information content (AvgIpc) is 3.50. The Bertz CT molecular complexity index is 1350. The molecule has 0 fully saturated rings. The highest BCUT2D eigenvalue weighted by atomic mass is 16.1. The van der Waals surface area contributed by atoms with Crippen molar-refractivity contribution in [2.75, 3.05) is 12.4 Å². The summed E-state index contributed by atoms with van der Waals surface area (Å²) >= 11 is 0. The largest absolute Gasteiger partial charge is 0.361 e. The number of benzene rings is 3. The van der Waals surface area contributed by atoms with E-state index in [0.717, 1.165) is 39.1 Å². The van der Waals surface area contributed by atoms with Crippen LogP contribution in [0.3, 0.4) is 0 Å². The predicted molar refractivity (Wildman–Crippen MR) is 128 cm³/mol. The van der Waals surface area contributed by atoms with Crippen molar-refractivity contribution in [1.29, 1.82) is 0 Å². The molecule has 0 aliphatic carbocycles. The van der Waals surface area contributed by atoms with Crippen LogP contribution >= 0.6 is 0 Å². The third-order valence-electron chi connectivity index (χ3n) is 5.62. The zero-order valence-corrected chi connectivity index (χ0v) is 17.6. The quantitative estimate of drug-likeness (QED) is 0.307. The van der Waals surface area contributed by atoms with Gasteiger partial charge in [0.1, 0.15) is 5.82 Å². The van der Waals surface area contributed by atoms with Crippen molar-refractivity contribution in [1.82, 2.24) is 20.5 Å². The first-order chi connectivity index (χ1) is 15.7. The standard InChI is InChI=1S/C26H23N5O/c1-27-26(32)19-13-11-18(12-14-19)25(21-16-28-22-10-6-5-9-20(21)22)29-24-15-23(30-31-24)17-7-3-2-4-8-17/h2-16,25,28H,1H3,(H,27,32)(H2,29,30,31). The van der Waals surface area contributed by atoms with E-state index in [-0.39, 0.29) is 11.9 Å². The van der Waals surface area contributed by atoms with E-state index in [1.54, 1.807) is 7.05 Å². The first-order valence-corrected chi connectivity index (χ1v) is 10.5. The van der Waals surface area contributed by atoms with Gasteiger partial charge in [-0.25, -0.2) is 0 Å². The van der Waals surface area contributed by atoms with Gasteiger partial charge in [-0.15, -0.1) is 0 Å². The number of hydrogen-bond donors (Lipinski definition) is 4. The predicted octanol–water partition coefficient (Wildman–Crippen LogP) is 5.12. The number of carbonyl (C=O) groups excluding carboxylic acids is 1. The van der Waals surface area contributed by atoms with Crippen LogP contribution in [0.15, 0.2) is 91.1 Å². The number of rotatable bonds is 6. The molecule has 2 aromatic heterocycles. The lowest BCUT2D eigenvalue weighted by atomic mass is 9.97. The van der Waals surface area contributed by atoms with Crippen LogP contribution in [0.2, 0.25) is 0 Å². The molecule has 0 bridgehead atoms. The number of H-pyrrole nitrogens is 2. The normalized spacial score (nSPS) is 11.9. The molecule has 0 aliphatic heterocycles. The smallest absolute Gasteiger partial charge is 0.251 e. The summed E-state index contributed by atoms with van der Waals surface area (Å²) in [5, 5.41) is 15.0. The summed E-state index contributed by atoms with van der Waals surface area (Å²) in [5.41, 5.74) is 5.86. The van der Waals surface area contributed by atoms with Gasteiger partial charge in [-0.3, -0.25) is 9.89 Å². The molecule has 4 N–H and O–H groups in total. The van der Waals surface area contributed by atoms with Gasteiger partial charge < -0.3 is 15.6 Å². The summed E-state index contributed by atoms with van der Waals surface area (Å²) < 4.78 is 0. The highest BCUT2D eigenvalue weighted by Gasteiger charge is 2.20. The molecule has 5 aromatic rings. The van der Waals surface area contributed by atoms with Gasteiger partial charge in [0.2, 0.25) is 0 Å². The fourth-order valence-corrected chi connectivity index (χ4v) is 3.95. The summed E-state index contributed by atoms with van der Waals surface area (Å²) in [7, 11) is 1.63. The van der Waals surface area contributed by atoms with Crippen molar-refractivity contribution in [2.24, 2.45) is 0 Å². The minimum atomic E-state index is -0.156. The molecule has 1 atom stereocenters. The molecule has 0 spiro atoms. The molecular formula is C26H23N5O. The maximum atomic E-state index is 12.0. The second-order valence-electron chi connectivity index (χ2n) is 7.60. The second kappa shape index (κ2) is 8.43. The summed E-state index contributed by atoms with van der Waals surface area (Å²) in [5.74, 6) is 0.641. The molecule has 0 aliphatic rings. The Kier molecular flexibility index (Phi) is 5.17. The molecule has 0 saturated heterocycles. The fraction of sp³-hybridized carbons (Fsp3) is 0.0769. The number of anilines is 1. The lowest BCUT2D eigenvalue weighted by Crippen LogP contribution is -2.18. The Labute approximate surface area is 185 Å². The number of para-hydroxylation sites is 1. The van der Waals surface area contributed by atoms with Crippen molar-refractivity contribution in [3.63, 3.8) is 0 Å². The summed E-state index contributed by atoms with van der Waals surface area (Å²) in [6, 6.07) is 27.8. The monoisotopic (exact) mass is 421 g/mol. The number of fused-ring (bicyclic) bond motifs is 1. The highest BCUT2D eigenvalue weighted by molar-refractivity contribution is 5.94. The zero-order valence-electron chi connectivity index (χ0n) is 17.6. The topological polar surface area (TPSA) is 85.6 Å². The van der Waals surface area contributed by atoms with E-state index < -0.39 is 0 Å². The maximum absolute atomic E-state index is 12.0. The van der Waals surface area contributed by atoms with Gasteiger partial charge in [0.25, 0.3) is 5.91 Å². The molecule has 1 unspecified atom stereocenters. The number of amides is 1. The number of nitrogens with one attached hydrogen (secondary N) is 4. The van der Waals surface area contributed by atoms with Crippen molar-refractivity contribution in [3.8, 4) is 11.3 Å². The van der Waals surface area contributed by atoms with Crippen LogP contribution in [0.5, 0.6) is 0 Å². The third kappa shape index (κ3) is 3.74. The van der Waals surface area contributed by atoms with E-state index in [1.807, 2.05) is 79.0 Å². The summed E-state index contributed by atoms with van der Waals surface area (Å²) in [6.45, 7) is 0. The maximum Gasteiger partial charge on any atom is 0.251 e. The molecule has 1 amide bonds. The SMILES string of the molecule is CNC(=O)c1ccc(C(Nc2cc(-c3ccccc3)[nH]n2)c2c[nH]c3ccccc23)cc1. The molecule has 5 rings (SSSR count). The first-order valence-electron chi connectivity index (χ1n) is 10.5. The lowest BCUT2D eigenvalue weighted by molar-refractivity contribution is 0.0963. The zero-order chi connectivity index (χ0) is 21.9. The van der Waals surface area contributed by atoms with E-state index in [1.165, 1.54) is 0 Å². The van der Waals surface area contributed by atoms with Crippen LogP contribution < -0.4 is 10.6 Å². The van der Waals surface area contributed by atoms with E-state index in [2.05, 4.69) is 37.9 Å². The molecule has 0 saturated carbocycles. The highest BCUT2D eigenvalue weighted by Crippen LogP contribution is 2.32. The minimum Gasteiger partial charge on any atom is -0.361 e.